The van der Waals surface area contributed by atoms with Crippen LogP contribution in [0.2, 0.25) is 0 Å². The van der Waals surface area contributed by atoms with Gasteiger partial charge in [-0.05, 0) is 48.6 Å². The molecule has 0 saturated carbocycles. The first kappa shape index (κ1) is 12.7. The van der Waals surface area contributed by atoms with Gasteiger partial charge < -0.3 is 5.32 Å². The lowest BCUT2D eigenvalue weighted by Crippen LogP contribution is -1.99. The molecule has 0 aliphatic rings. The molecule has 2 aromatic carbocycles. The van der Waals surface area contributed by atoms with E-state index >= 15 is 0 Å². The van der Waals surface area contributed by atoms with Crippen LogP contribution in [-0.4, -0.2) is 0 Å². The quantitative estimate of drug-likeness (QED) is 0.779. The smallest absolute Gasteiger partial charge is 0.0419 e. The maximum Gasteiger partial charge on any atom is 0.0419 e. The van der Waals surface area contributed by atoms with Gasteiger partial charge in [0.05, 0.1) is 0 Å². The maximum absolute atomic E-state index is 3.56. The highest BCUT2D eigenvalue weighted by Gasteiger charge is 2.07. The first-order chi connectivity index (χ1) is 8.59. The predicted octanol–water partition coefficient (Wildman–Crippen LogP) is 5.17. The fourth-order valence-corrected chi connectivity index (χ4v) is 2.15. The van der Waals surface area contributed by atoms with Gasteiger partial charge in [-0.3, -0.25) is 0 Å². The number of anilines is 2. The van der Waals surface area contributed by atoms with Gasteiger partial charge in [0.1, 0.15) is 0 Å². The highest BCUT2D eigenvalue weighted by atomic mass is 14.9. The molecular formula is C17H21N. The zero-order chi connectivity index (χ0) is 13.1. The Morgan fingerprint density at radius 3 is 2.22 bits per heavy atom. The van der Waals surface area contributed by atoms with Gasteiger partial charge in [-0.2, -0.15) is 0 Å². The molecule has 0 aliphatic carbocycles. The zero-order valence-corrected chi connectivity index (χ0v) is 11.6. The molecule has 1 heteroatoms. The summed E-state index contributed by atoms with van der Waals surface area (Å²) in [4.78, 5) is 0. The van der Waals surface area contributed by atoms with E-state index in [-0.39, 0.29) is 0 Å². The SMILES string of the molecule is Cc1cccc(Nc2ccccc2C(C)C)c1C. The molecule has 0 saturated heterocycles. The fourth-order valence-electron chi connectivity index (χ4n) is 2.15. The zero-order valence-electron chi connectivity index (χ0n) is 11.6. The highest BCUT2D eigenvalue weighted by molar-refractivity contribution is 5.67. The largest absolute Gasteiger partial charge is 0.355 e. The fraction of sp³-hybridized carbons (Fsp3) is 0.294. The highest BCUT2D eigenvalue weighted by Crippen LogP contribution is 2.28. The van der Waals surface area contributed by atoms with E-state index in [0.717, 1.165) is 0 Å². The molecule has 18 heavy (non-hydrogen) atoms. The summed E-state index contributed by atoms with van der Waals surface area (Å²) < 4.78 is 0. The molecule has 0 spiro atoms. The van der Waals surface area contributed by atoms with Crippen LogP contribution >= 0.6 is 0 Å². The lowest BCUT2D eigenvalue weighted by Gasteiger charge is -2.16. The molecule has 0 bridgehead atoms. The van der Waals surface area contributed by atoms with Crippen molar-refractivity contribution in [2.75, 3.05) is 5.32 Å². The van der Waals surface area contributed by atoms with E-state index in [9.17, 15) is 0 Å². The minimum atomic E-state index is 0.527. The topological polar surface area (TPSA) is 12.0 Å². The summed E-state index contributed by atoms with van der Waals surface area (Å²) in [6, 6.07) is 14.9. The summed E-state index contributed by atoms with van der Waals surface area (Å²) in [6.45, 7) is 8.76. The first-order valence-corrected chi connectivity index (χ1v) is 6.51. The average molecular weight is 239 g/mol. The van der Waals surface area contributed by atoms with Crippen LogP contribution < -0.4 is 5.32 Å². The molecule has 0 atom stereocenters. The van der Waals surface area contributed by atoms with Crippen molar-refractivity contribution < 1.29 is 0 Å². The molecule has 0 heterocycles. The number of hydrogen-bond acceptors (Lipinski definition) is 1. The van der Waals surface area contributed by atoms with Crippen LogP contribution in [0.4, 0.5) is 11.4 Å². The summed E-state index contributed by atoms with van der Waals surface area (Å²) in [6.07, 6.45) is 0. The minimum Gasteiger partial charge on any atom is -0.355 e. The predicted molar refractivity (Wildman–Crippen MR) is 79.7 cm³/mol. The molecule has 0 fully saturated rings. The lowest BCUT2D eigenvalue weighted by molar-refractivity contribution is 0.869. The second-order valence-electron chi connectivity index (χ2n) is 5.11. The Labute approximate surface area is 110 Å². The number of para-hydroxylation sites is 1. The number of benzene rings is 2. The Bertz CT molecular complexity index is 541. The molecule has 0 aliphatic heterocycles. The summed E-state index contributed by atoms with van der Waals surface area (Å²) >= 11 is 0. The molecular weight excluding hydrogens is 218 g/mol. The standard InChI is InChI=1S/C17H21N/c1-12(2)15-9-5-6-10-17(15)18-16-11-7-8-13(3)14(16)4/h5-12,18H,1-4H3. The number of rotatable bonds is 3. The van der Waals surface area contributed by atoms with Gasteiger partial charge in [-0.25, -0.2) is 0 Å². The molecule has 1 nitrogen and oxygen atoms in total. The van der Waals surface area contributed by atoms with Gasteiger partial charge in [0.15, 0.2) is 0 Å². The molecule has 1 N–H and O–H groups in total. The van der Waals surface area contributed by atoms with Crippen LogP contribution in [0, 0.1) is 13.8 Å². The van der Waals surface area contributed by atoms with Crippen molar-refractivity contribution in [1.82, 2.24) is 0 Å². The Hall–Kier alpha value is -1.76. The number of hydrogen-bond donors (Lipinski definition) is 1. The molecule has 0 unspecified atom stereocenters. The van der Waals surface area contributed by atoms with E-state index in [2.05, 4.69) is 75.5 Å². The van der Waals surface area contributed by atoms with E-state index in [1.165, 1.54) is 28.1 Å². The van der Waals surface area contributed by atoms with E-state index < -0.39 is 0 Å². The van der Waals surface area contributed by atoms with Crippen molar-refractivity contribution in [1.29, 1.82) is 0 Å². The number of aryl methyl sites for hydroxylation is 1. The van der Waals surface area contributed by atoms with Gasteiger partial charge in [0, 0.05) is 11.4 Å². The molecule has 2 aromatic rings. The summed E-state index contributed by atoms with van der Waals surface area (Å²) in [7, 11) is 0. The van der Waals surface area contributed by atoms with Crippen LogP contribution in [0.1, 0.15) is 36.5 Å². The first-order valence-electron chi connectivity index (χ1n) is 6.51. The van der Waals surface area contributed by atoms with E-state index in [1.807, 2.05) is 0 Å². The summed E-state index contributed by atoms with van der Waals surface area (Å²) in [5, 5.41) is 3.56. The van der Waals surface area contributed by atoms with Crippen LogP contribution in [-0.2, 0) is 0 Å². The Balaban J connectivity index is 2.37. The Kier molecular flexibility index (Phi) is 3.71. The molecule has 2 rings (SSSR count). The monoisotopic (exact) mass is 239 g/mol. The van der Waals surface area contributed by atoms with Gasteiger partial charge in [-0.1, -0.05) is 44.2 Å². The molecule has 0 amide bonds. The van der Waals surface area contributed by atoms with Gasteiger partial charge in [0.25, 0.3) is 0 Å². The third-order valence-corrected chi connectivity index (χ3v) is 3.46. The molecule has 0 radical (unpaired) electrons. The van der Waals surface area contributed by atoms with Crippen LogP contribution in [0.25, 0.3) is 0 Å². The average Bonchev–Trinajstić information content (AvgIpc) is 2.35. The summed E-state index contributed by atoms with van der Waals surface area (Å²) in [5.41, 5.74) is 6.40. The molecule has 0 aromatic heterocycles. The van der Waals surface area contributed by atoms with Crippen LogP contribution in [0.5, 0.6) is 0 Å². The van der Waals surface area contributed by atoms with Crippen molar-refractivity contribution >= 4 is 11.4 Å². The van der Waals surface area contributed by atoms with E-state index in [1.54, 1.807) is 0 Å². The second-order valence-corrected chi connectivity index (χ2v) is 5.11. The summed E-state index contributed by atoms with van der Waals surface area (Å²) in [5.74, 6) is 0.527. The lowest BCUT2D eigenvalue weighted by atomic mass is 10.0. The van der Waals surface area contributed by atoms with Crippen molar-refractivity contribution in [3.8, 4) is 0 Å². The third-order valence-electron chi connectivity index (χ3n) is 3.46. The Morgan fingerprint density at radius 1 is 0.833 bits per heavy atom. The third kappa shape index (κ3) is 2.56. The van der Waals surface area contributed by atoms with Gasteiger partial charge in [0.2, 0.25) is 0 Å². The van der Waals surface area contributed by atoms with Gasteiger partial charge in [-0.15, -0.1) is 0 Å². The van der Waals surface area contributed by atoms with Crippen molar-refractivity contribution in [3.63, 3.8) is 0 Å². The van der Waals surface area contributed by atoms with Gasteiger partial charge >= 0.3 is 0 Å². The van der Waals surface area contributed by atoms with Crippen molar-refractivity contribution in [2.45, 2.75) is 33.6 Å². The Morgan fingerprint density at radius 2 is 1.50 bits per heavy atom. The van der Waals surface area contributed by atoms with Crippen LogP contribution in [0.15, 0.2) is 42.5 Å². The van der Waals surface area contributed by atoms with Crippen molar-refractivity contribution in [2.24, 2.45) is 0 Å². The second kappa shape index (κ2) is 5.26. The number of nitrogens with one attached hydrogen (secondary N) is 1. The normalized spacial score (nSPS) is 10.7. The maximum atomic E-state index is 3.56. The minimum absolute atomic E-state index is 0.527. The van der Waals surface area contributed by atoms with E-state index in [4.69, 9.17) is 0 Å². The van der Waals surface area contributed by atoms with Crippen LogP contribution in [0.3, 0.4) is 0 Å². The van der Waals surface area contributed by atoms with Crippen molar-refractivity contribution in [3.05, 3.63) is 59.2 Å². The van der Waals surface area contributed by atoms with E-state index in [0.29, 0.717) is 5.92 Å². The molecule has 94 valence electrons.